The Morgan fingerprint density at radius 1 is 1.19 bits per heavy atom. The zero-order valence-corrected chi connectivity index (χ0v) is 10.9. The first-order valence-electron chi connectivity index (χ1n) is 6.83. The van der Waals surface area contributed by atoms with Crippen molar-refractivity contribution in [3.8, 4) is 0 Å². The summed E-state index contributed by atoms with van der Waals surface area (Å²) in [7, 11) is 1.69. The lowest BCUT2D eigenvalue weighted by Gasteiger charge is -2.25. The summed E-state index contributed by atoms with van der Waals surface area (Å²) in [5.74, 6) is 0.337. The van der Waals surface area contributed by atoms with E-state index in [0.717, 1.165) is 32.1 Å². The highest BCUT2D eigenvalue weighted by Gasteiger charge is 2.41. The van der Waals surface area contributed by atoms with Crippen LogP contribution < -0.4 is 0 Å². The SMILES string of the molecule is CCCCCCCCC1(OC)CCCC1=O. The lowest BCUT2D eigenvalue weighted by atomic mass is 9.93. The number of ketones is 1. The largest absolute Gasteiger partial charge is 0.370 e. The molecule has 0 heterocycles. The van der Waals surface area contributed by atoms with Crippen LogP contribution in [0.3, 0.4) is 0 Å². The van der Waals surface area contributed by atoms with E-state index in [1.165, 1.54) is 32.1 Å². The van der Waals surface area contributed by atoms with Crippen molar-refractivity contribution in [2.75, 3.05) is 7.11 Å². The second-order valence-corrected chi connectivity index (χ2v) is 4.99. The van der Waals surface area contributed by atoms with Gasteiger partial charge >= 0.3 is 0 Å². The number of carbonyl (C=O) groups is 1. The summed E-state index contributed by atoms with van der Waals surface area (Å²) < 4.78 is 5.49. The molecule has 1 aliphatic rings. The van der Waals surface area contributed by atoms with Gasteiger partial charge in [0, 0.05) is 13.5 Å². The molecule has 2 nitrogen and oxygen atoms in total. The van der Waals surface area contributed by atoms with E-state index in [1.54, 1.807) is 7.11 Å². The summed E-state index contributed by atoms with van der Waals surface area (Å²) in [6.07, 6.45) is 11.3. The molecule has 1 fully saturated rings. The van der Waals surface area contributed by atoms with Crippen molar-refractivity contribution in [1.82, 2.24) is 0 Å². The van der Waals surface area contributed by atoms with Crippen LogP contribution in [-0.4, -0.2) is 18.5 Å². The molecule has 1 rings (SSSR count). The van der Waals surface area contributed by atoms with Gasteiger partial charge in [0.05, 0.1) is 0 Å². The fourth-order valence-corrected chi connectivity index (χ4v) is 2.67. The molecule has 0 aromatic heterocycles. The molecule has 0 saturated heterocycles. The smallest absolute Gasteiger partial charge is 0.164 e. The zero-order valence-electron chi connectivity index (χ0n) is 10.9. The molecule has 0 spiro atoms. The Morgan fingerprint density at radius 2 is 1.88 bits per heavy atom. The summed E-state index contributed by atoms with van der Waals surface area (Å²) in [5, 5.41) is 0. The summed E-state index contributed by atoms with van der Waals surface area (Å²) in [5.41, 5.74) is -0.398. The Kier molecular flexibility index (Phi) is 6.04. The Bertz CT molecular complexity index is 213. The molecule has 1 unspecified atom stereocenters. The van der Waals surface area contributed by atoms with Crippen molar-refractivity contribution in [1.29, 1.82) is 0 Å². The fourth-order valence-electron chi connectivity index (χ4n) is 2.67. The van der Waals surface area contributed by atoms with Crippen molar-refractivity contribution in [2.45, 2.75) is 76.7 Å². The van der Waals surface area contributed by atoms with E-state index in [9.17, 15) is 4.79 Å². The van der Waals surface area contributed by atoms with Crippen LogP contribution in [0.4, 0.5) is 0 Å². The molecule has 0 bridgehead atoms. The fraction of sp³-hybridized carbons (Fsp3) is 0.929. The average molecular weight is 226 g/mol. The predicted octanol–water partition coefficient (Wildman–Crippen LogP) is 3.88. The van der Waals surface area contributed by atoms with E-state index in [4.69, 9.17) is 4.74 Å². The number of rotatable bonds is 8. The molecular weight excluding hydrogens is 200 g/mol. The molecule has 1 aliphatic carbocycles. The molecule has 0 amide bonds. The van der Waals surface area contributed by atoms with Crippen LogP contribution in [0.1, 0.15) is 71.1 Å². The summed E-state index contributed by atoms with van der Waals surface area (Å²) in [4.78, 5) is 11.8. The lowest BCUT2D eigenvalue weighted by molar-refractivity contribution is -0.137. The minimum atomic E-state index is -0.398. The van der Waals surface area contributed by atoms with Gasteiger partial charge in [-0.3, -0.25) is 4.79 Å². The molecular formula is C14H26O2. The van der Waals surface area contributed by atoms with Crippen molar-refractivity contribution in [2.24, 2.45) is 0 Å². The van der Waals surface area contributed by atoms with Crippen molar-refractivity contribution >= 4 is 5.78 Å². The van der Waals surface area contributed by atoms with E-state index >= 15 is 0 Å². The number of hydrogen-bond donors (Lipinski definition) is 0. The molecule has 0 aliphatic heterocycles. The van der Waals surface area contributed by atoms with E-state index in [-0.39, 0.29) is 0 Å². The van der Waals surface area contributed by atoms with Crippen molar-refractivity contribution in [3.05, 3.63) is 0 Å². The number of Topliss-reactive ketones (excluding diaryl/α,β-unsaturated/α-hetero) is 1. The van der Waals surface area contributed by atoms with Gasteiger partial charge in [-0.2, -0.15) is 0 Å². The quantitative estimate of drug-likeness (QED) is 0.587. The molecule has 0 aromatic rings. The maximum atomic E-state index is 11.8. The molecule has 1 atom stereocenters. The number of carbonyl (C=O) groups excluding carboxylic acids is 1. The minimum Gasteiger partial charge on any atom is -0.370 e. The Morgan fingerprint density at radius 3 is 2.44 bits per heavy atom. The third-order valence-electron chi connectivity index (χ3n) is 3.82. The van der Waals surface area contributed by atoms with Crippen LogP contribution in [0.15, 0.2) is 0 Å². The predicted molar refractivity (Wildman–Crippen MR) is 66.6 cm³/mol. The number of ether oxygens (including phenoxy) is 1. The van der Waals surface area contributed by atoms with E-state index < -0.39 is 5.60 Å². The molecule has 0 aromatic carbocycles. The highest BCUT2D eigenvalue weighted by Crippen LogP contribution is 2.34. The van der Waals surface area contributed by atoms with Gasteiger partial charge in [-0.15, -0.1) is 0 Å². The Balaban J connectivity index is 2.17. The summed E-state index contributed by atoms with van der Waals surface area (Å²) in [6.45, 7) is 2.23. The number of methoxy groups -OCH3 is 1. The van der Waals surface area contributed by atoms with Crippen LogP contribution in [0.25, 0.3) is 0 Å². The van der Waals surface area contributed by atoms with Crippen LogP contribution >= 0.6 is 0 Å². The van der Waals surface area contributed by atoms with E-state index in [1.807, 2.05) is 0 Å². The van der Waals surface area contributed by atoms with Gasteiger partial charge in [0.1, 0.15) is 5.60 Å². The highest BCUT2D eigenvalue weighted by molar-refractivity contribution is 5.89. The van der Waals surface area contributed by atoms with Gasteiger partial charge < -0.3 is 4.74 Å². The number of hydrogen-bond acceptors (Lipinski definition) is 2. The Labute approximate surface area is 99.8 Å². The molecule has 94 valence electrons. The van der Waals surface area contributed by atoms with Crippen LogP contribution in [0, 0.1) is 0 Å². The third-order valence-corrected chi connectivity index (χ3v) is 3.82. The van der Waals surface area contributed by atoms with Gasteiger partial charge in [-0.25, -0.2) is 0 Å². The maximum Gasteiger partial charge on any atom is 0.164 e. The molecule has 1 saturated carbocycles. The standard InChI is InChI=1S/C14H26O2/c1-3-4-5-6-7-8-11-14(16-2)12-9-10-13(14)15/h3-12H2,1-2H3. The van der Waals surface area contributed by atoms with Gasteiger partial charge in [-0.05, 0) is 19.3 Å². The van der Waals surface area contributed by atoms with Crippen LogP contribution in [0.2, 0.25) is 0 Å². The second-order valence-electron chi connectivity index (χ2n) is 4.99. The molecule has 0 N–H and O–H groups in total. The average Bonchev–Trinajstić information content (AvgIpc) is 2.66. The van der Waals surface area contributed by atoms with Crippen molar-refractivity contribution < 1.29 is 9.53 Å². The number of unbranched alkanes of at least 4 members (excludes halogenated alkanes) is 5. The molecule has 16 heavy (non-hydrogen) atoms. The van der Waals surface area contributed by atoms with Gasteiger partial charge in [-0.1, -0.05) is 45.4 Å². The van der Waals surface area contributed by atoms with Crippen LogP contribution in [-0.2, 0) is 9.53 Å². The maximum absolute atomic E-state index is 11.8. The first kappa shape index (κ1) is 13.7. The van der Waals surface area contributed by atoms with Gasteiger partial charge in [0.15, 0.2) is 5.78 Å². The zero-order chi connectivity index (χ0) is 11.9. The van der Waals surface area contributed by atoms with Gasteiger partial charge in [0.2, 0.25) is 0 Å². The van der Waals surface area contributed by atoms with Gasteiger partial charge in [0.25, 0.3) is 0 Å². The Hall–Kier alpha value is -0.370. The third kappa shape index (κ3) is 3.58. The molecule has 0 radical (unpaired) electrons. The summed E-state index contributed by atoms with van der Waals surface area (Å²) in [6, 6.07) is 0. The van der Waals surface area contributed by atoms with Crippen LogP contribution in [0.5, 0.6) is 0 Å². The minimum absolute atomic E-state index is 0.337. The summed E-state index contributed by atoms with van der Waals surface area (Å²) >= 11 is 0. The normalized spacial score (nSPS) is 25.2. The van der Waals surface area contributed by atoms with E-state index in [2.05, 4.69) is 6.92 Å². The van der Waals surface area contributed by atoms with Crippen molar-refractivity contribution in [3.63, 3.8) is 0 Å². The molecule has 2 heteroatoms. The lowest BCUT2D eigenvalue weighted by Crippen LogP contribution is -2.35. The van der Waals surface area contributed by atoms with E-state index in [0.29, 0.717) is 5.78 Å². The first-order valence-corrected chi connectivity index (χ1v) is 6.83. The first-order chi connectivity index (χ1) is 7.75. The monoisotopic (exact) mass is 226 g/mol. The second kappa shape index (κ2) is 7.05. The highest BCUT2D eigenvalue weighted by atomic mass is 16.5. The topological polar surface area (TPSA) is 26.3 Å².